The van der Waals surface area contributed by atoms with Crippen LogP contribution >= 0.6 is 0 Å². The van der Waals surface area contributed by atoms with Gasteiger partial charge in [0.1, 0.15) is 29.6 Å². The second kappa shape index (κ2) is 11.2. The normalized spacial score (nSPS) is 20.4. The van der Waals surface area contributed by atoms with Crippen LogP contribution in [0, 0.1) is 0 Å². The summed E-state index contributed by atoms with van der Waals surface area (Å²) in [5, 5.41) is 7.83. The lowest BCUT2D eigenvalue weighted by molar-refractivity contribution is 0.00628. The molecule has 0 bridgehead atoms. The van der Waals surface area contributed by atoms with Gasteiger partial charge in [-0.05, 0) is 31.0 Å². The van der Waals surface area contributed by atoms with E-state index in [0.29, 0.717) is 30.5 Å². The summed E-state index contributed by atoms with van der Waals surface area (Å²) in [7, 11) is 5.75. The van der Waals surface area contributed by atoms with Gasteiger partial charge in [0.25, 0.3) is 0 Å². The Labute approximate surface area is 245 Å². The van der Waals surface area contributed by atoms with Crippen LogP contribution in [0.15, 0.2) is 48.7 Å². The fourth-order valence-electron chi connectivity index (χ4n) is 6.43. The van der Waals surface area contributed by atoms with Crippen LogP contribution < -0.4 is 29.9 Å². The Morgan fingerprint density at radius 3 is 2.69 bits per heavy atom. The predicted octanol–water partition coefficient (Wildman–Crippen LogP) is 4.58. The Bertz CT molecular complexity index is 1570. The van der Waals surface area contributed by atoms with E-state index in [2.05, 4.69) is 42.5 Å². The number of H-pyrrole nitrogens is 1. The van der Waals surface area contributed by atoms with Crippen molar-refractivity contribution < 1.29 is 14.2 Å². The van der Waals surface area contributed by atoms with Gasteiger partial charge in [-0.1, -0.05) is 12.1 Å². The Morgan fingerprint density at radius 1 is 1.00 bits per heavy atom. The summed E-state index contributed by atoms with van der Waals surface area (Å²) >= 11 is 0. The number of para-hydroxylation sites is 2. The van der Waals surface area contributed by atoms with Crippen LogP contribution in [0.1, 0.15) is 12.8 Å². The number of nitrogens with zero attached hydrogens (tertiary/aromatic N) is 5. The first kappa shape index (κ1) is 26.7. The number of nitrogens with one attached hydrogen (secondary N) is 3. The highest BCUT2D eigenvalue weighted by Crippen LogP contribution is 2.44. The average molecular weight is 571 g/mol. The first-order valence-corrected chi connectivity index (χ1v) is 14.7. The van der Waals surface area contributed by atoms with Gasteiger partial charge in [0.15, 0.2) is 0 Å². The van der Waals surface area contributed by atoms with Crippen molar-refractivity contribution in [1.82, 2.24) is 19.9 Å². The van der Waals surface area contributed by atoms with E-state index in [9.17, 15) is 0 Å². The molecule has 11 heteroatoms. The first-order chi connectivity index (χ1) is 20.6. The SMILES string of the molecule is COc1cc2c(cc1Nc1nc(Nc3ccccc3N(C)C)c3cc[nH]c3n1)OCC1CC(N3CCOCC3)CCN21. The monoisotopic (exact) mass is 570 g/mol. The minimum Gasteiger partial charge on any atom is -0.494 e. The lowest BCUT2D eigenvalue weighted by atomic mass is 9.94. The Balaban J connectivity index is 1.15. The van der Waals surface area contributed by atoms with Crippen LogP contribution in [-0.4, -0.2) is 92.6 Å². The summed E-state index contributed by atoms with van der Waals surface area (Å²) in [4.78, 5) is 20.0. The van der Waals surface area contributed by atoms with E-state index in [-0.39, 0.29) is 0 Å². The highest BCUT2D eigenvalue weighted by molar-refractivity contribution is 5.92. The maximum atomic E-state index is 6.36. The third kappa shape index (κ3) is 5.03. The second-order valence-corrected chi connectivity index (χ2v) is 11.3. The van der Waals surface area contributed by atoms with Gasteiger partial charge in [-0.25, -0.2) is 0 Å². The van der Waals surface area contributed by atoms with Gasteiger partial charge in [0.05, 0.1) is 54.5 Å². The molecule has 2 unspecified atom stereocenters. The van der Waals surface area contributed by atoms with E-state index in [0.717, 1.165) is 91.0 Å². The molecule has 0 spiro atoms. The zero-order valence-corrected chi connectivity index (χ0v) is 24.4. The van der Waals surface area contributed by atoms with E-state index in [1.807, 2.05) is 50.6 Å². The molecule has 0 amide bonds. The zero-order valence-electron chi connectivity index (χ0n) is 24.4. The fraction of sp³-hybridized carbons (Fsp3) is 0.419. The van der Waals surface area contributed by atoms with Gasteiger partial charge >= 0.3 is 0 Å². The second-order valence-electron chi connectivity index (χ2n) is 11.3. The van der Waals surface area contributed by atoms with Crippen LogP contribution in [0.4, 0.5) is 34.5 Å². The van der Waals surface area contributed by atoms with Crippen LogP contribution in [0.5, 0.6) is 11.5 Å². The summed E-state index contributed by atoms with van der Waals surface area (Å²) in [5.41, 5.74) is 4.59. The third-order valence-electron chi connectivity index (χ3n) is 8.57. The van der Waals surface area contributed by atoms with Gasteiger partial charge < -0.3 is 39.6 Å². The molecule has 0 aliphatic carbocycles. The number of ether oxygens (including phenoxy) is 3. The van der Waals surface area contributed by atoms with Gasteiger partial charge in [0.2, 0.25) is 5.95 Å². The molecule has 2 aromatic heterocycles. The molecular formula is C31H38N8O3. The lowest BCUT2D eigenvalue weighted by Crippen LogP contribution is -2.55. The quantitative estimate of drug-likeness (QED) is 0.293. The van der Waals surface area contributed by atoms with Crippen LogP contribution in [-0.2, 0) is 4.74 Å². The molecular weight excluding hydrogens is 532 g/mol. The predicted molar refractivity (Wildman–Crippen MR) is 166 cm³/mol. The van der Waals surface area contributed by atoms with Crippen LogP contribution in [0.25, 0.3) is 11.0 Å². The molecule has 3 aliphatic heterocycles. The van der Waals surface area contributed by atoms with E-state index >= 15 is 0 Å². The van der Waals surface area contributed by atoms with Crippen LogP contribution in [0.2, 0.25) is 0 Å². The molecule has 0 radical (unpaired) electrons. The van der Waals surface area contributed by atoms with Gasteiger partial charge in [-0.2, -0.15) is 9.97 Å². The molecule has 2 saturated heterocycles. The molecule has 4 aromatic rings. The number of methoxy groups -OCH3 is 1. The number of hydrogen-bond donors (Lipinski definition) is 3. The van der Waals surface area contributed by atoms with Gasteiger partial charge in [-0.3, -0.25) is 4.90 Å². The topological polar surface area (TPSA) is 103 Å². The van der Waals surface area contributed by atoms with E-state index < -0.39 is 0 Å². The number of aromatic amines is 1. The summed E-state index contributed by atoms with van der Waals surface area (Å²) < 4.78 is 17.8. The van der Waals surface area contributed by atoms with Crippen LogP contribution in [0.3, 0.4) is 0 Å². The lowest BCUT2D eigenvalue weighted by Gasteiger charge is -2.47. The highest BCUT2D eigenvalue weighted by Gasteiger charge is 2.37. The number of fused-ring (bicyclic) bond motifs is 4. The number of benzene rings is 2. The molecule has 2 aromatic carbocycles. The molecule has 0 saturated carbocycles. The molecule has 220 valence electrons. The number of rotatable bonds is 7. The summed E-state index contributed by atoms with van der Waals surface area (Å²) in [6.07, 6.45) is 4.10. The number of piperidine rings is 1. The average Bonchev–Trinajstić information content (AvgIpc) is 3.50. The molecule has 11 nitrogen and oxygen atoms in total. The Kier molecular flexibility index (Phi) is 7.12. The van der Waals surface area contributed by atoms with Crippen molar-refractivity contribution in [3.8, 4) is 11.5 Å². The standard InChI is InChI=1S/C31H38N8O3/c1-37(2)25-7-5-4-6-23(25)33-30-22-8-10-32-29(22)35-31(36-30)34-24-17-28-26(18-27(24)40-3)39-11-9-20(16-21(39)19-42-28)38-12-14-41-15-13-38/h4-8,10,17-18,20-21H,9,11-16,19H2,1-3H3,(H3,32,33,34,35,36). The summed E-state index contributed by atoms with van der Waals surface area (Å²) in [5.74, 6) is 2.72. The Morgan fingerprint density at radius 2 is 1.86 bits per heavy atom. The van der Waals surface area contributed by atoms with Crippen molar-refractivity contribution in [3.63, 3.8) is 0 Å². The minimum absolute atomic E-state index is 0.347. The maximum Gasteiger partial charge on any atom is 0.231 e. The Hall–Kier alpha value is -4.22. The molecule has 2 fully saturated rings. The summed E-state index contributed by atoms with van der Waals surface area (Å²) in [6.45, 7) is 5.37. The van der Waals surface area contributed by atoms with Crippen molar-refractivity contribution in [2.75, 3.05) is 81.1 Å². The van der Waals surface area contributed by atoms with Crippen molar-refractivity contribution in [2.45, 2.75) is 24.9 Å². The fourth-order valence-corrected chi connectivity index (χ4v) is 6.43. The van der Waals surface area contributed by atoms with E-state index in [4.69, 9.17) is 24.2 Å². The smallest absolute Gasteiger partial charge is 0.231 e. The number of aromatic nitrogens is 3. The van der Waals surface area contributed by atoms with E-state index in [1.54, 1.807) is 7.11 Å². The maximum absolute atomic E-state index is 6.36. The molecule has 3 aliphatic rings. The summed E-state index contributed by atoms with van der Waals surface area (Å²) in [6, 6.07) is 15.2. The van der Waals surface area contributed by atoms with Crippen molar-refractivity contribution in [3.05, 3.63) is 48.7 Å². The number of hydrogen-bond acceptors (Lipinski definition) is 10. The van der Waals surface area contributed by atoms with Crippen molar-refractivity contribution in [1.29, 1.82) is 0 Å². The van der Waals surface area contributed by atoms with Crippen molar-refractivity contribution in [2.24, 2.45) is 0 Å². The first-order valence-electron chi connectivity index (χ1n) is 14.7. The molecule has 2 atom stereocenters. The van der Waals surface area contributed by atoms with Gasteiger partial charge in [0, 0.05) is 58.1 Å². The molecule has 7 rings (SSSR count). The molecule has 5 heterocycles. The highest BCUT2D eigenvalue weighted by atomic mass is 16.5. The number of anilines is 6. The van der Waals surface area contributed by atoms with Gasteiger partial charge in [-0.15, -0.1) is 0 Å². The largest absolute Gasteiger partial charge is 0.494 e. The van der Waals surface area contributed by atoms with Crippen molar-refractivity contribution >= 4 is 45.5 Å². The molecule has 42 heavy (non-hydrogen) atoms. The molecule has 3 N–H and O–H groups in total. The van der Waals surface area contributed by atoms with E-state index in [1.165, 1.54) is 0 Å². The third-order valence-corrected chi connectivity index (χ3v) is 8.57. The number of morpholine rings is 1. The zero-order chi connectivity index (χ0) is 28.6. The minimum atomic E-state index is 0.347.